The molecule has 1 fully saturated rings. The number of carbonyl (C=O) groups is 2. The lowest BCUT2D eigenvalue weighted by molar-refractivity contribution is -0.122. The molecular weight excluding hydrogens is 358 g/mol. The van der Waals surface area contributed by atoms with Crippen LogP contribution in [0.5, 0.6) is 5.75 Å². The van der Waals surface area contributed by atoms with Crippen LogP contribution >= 0.6 is 0 Å². The lowest BCUT2D eigenvalue weighted by atomic mass is 9.85. The summed E-state index contributed by atoms with van der Waals surface area (Å²) in [7, 11) is 1.58. The van der Waals surface area contributed by atoms with Crippen LogP contribution in [0.4, 0.5) is 16.3 Å². The van der Waals surface area contributed by atoms with Crippen LogP contribution in [0.25, 0.3) is 0 Å². The number of nitrogens with zero attached hydrogens (tertiary/aromatic N) is 1. The normalized spacial score (nSPS) is 13.6. The average Bonchev–Trinajstić information content (AvgIpc) is 2.70. The topological polar surface area (TPSA) is 101 Å². The van der Waals surface area contributed by atoms with E-state index in [-0.39, 0.29) is 12.5 Å². The Balaban J connectivity index is 0.000000878. The predicted molar refractivity (Wildman–Crippen MR) is 109 cm³/mol. The molecule has 0 spiro atoms. The standard InChI is InChI=1S/C20H25N3O2.CH2O2/c1-14-8-10-18(25-2)17(12-14)22-20(24)23-19-11-9-16(13-21-19)15-6-4-3-5-7-15;2-1-3/h8-13,15H,3-7H2,1-2H3,(H2,21,22,23,24);1H,(H,2,3). The fourth-order valence-electron chi connectivity index (χ4n) is 3.35. The maximum Gasteiger partial charge on any atom is 0.324 e. The minimum atomic E-state index is -0.332. The summed E-state index contributed by atoms with van der Waals surface area (Å²) in [5, 5.41) is 12.5. The summed E-state index contributed by atoms with van der Waals surface area (Å²) in [5.74, 6) is 1.78. The Hall–Kier alpha value is -3.09. The number of amides is 2. The van der Waals surface area contributed by atoms with Crippen molar-refractivity contribution in [3.8, 4) is 5.75 Å². The summed E-state index contributed by atoms with van der Waals surface area (Å²) in [6, 6.07) is 9.26. The molecule has 7 heteroatoms. The van der Waals surface area contributed by atoms with Gasteiger partial charge in [-0.15, -0.1) is 0 Å². The summed E-state index contributed by atoms with van der Waals surface area (Å²) in [6.45, 7) is 1.72. The zero-order valence-electron chi connectivity index (χ0n) is 16.3. The van der Waals surface area contributed by atoms with E-state index in [2.05, 4.69) is 21.7 Å². The number of carboxylic acid groups (broad SMARTS) is 1. The van der Waals surface area contributed by atoms with Gasteiger partial charge in [-0.2, -0.15) is 0 Å². The highest BCUT2D eigenvalue weighted by atomic mass is 16.5. The third kappa shape index (κ3) is 6.26. The molecule has 3 N–H and O–H groups in total. The van der Waals surface area contributed by atoms with E-state index in [9.17, 15) is 4.79 Å². The summed E-state index contributed by atoms with van der Waals surface area (Å²) in [4.78, 5) is 25.0. The second-order valence-corrected chi connectivity index (χ2v) is 6.70. The molecule has 0 bridgehead atoms. The van der Waals surface area contributed by atoms with Gasteiger partial charge in [0.15, 0.2) is 0 Å². The Kier molecular flexibility index (Phi) is 8.27. The Labute approximate surface area is 165 Å². The van der Waals surface area contributed by atoms with E-state index < -0.39 is 0 Å². The molecule has 1 aliphatic carbocycles. The SMILES string of the molecule is COc1ccc(C)cc1NC(=O)Nc1ccc(C2CCCCC2)cn1.O=CO. The van der Waals surface area contributed by atoms with Gasteiger partial charge in [0.1, 0.15) is 11.6 Å². The zero-order valence-corrected chi connectivity index (χ0v) is 16.3. The summed E-state index contributed by atoms with van der Waals surface area (Å²) >= 11 is 0. The van der Waals surface area contributed by atoms with Crippen LogP contribution in [-0.2, 0) is 4.79 Å². The third-order valence-corrected chi connectivity index (χ3v) is 4.71. The molecule has 1 aromatic heterocycles. The number of urea groups is 1. The fraction of sp³-hybridized carbons (Fsp3) is 0.381. The van der Waals surface area contributed by atoms with E-state index in [0.29, 0.717) is 23.2 Å². The van der Waals surface area contributed by atoms with Gasteiger partial charge in [0.2, 0.25) is 0 Å². The number of aromatic nitrogens is 1. The largest absolute Gasteiger partial charge is 0.495 e. The molecule has 0 unspecified atom stereocenters. The minimum Gasteiger partial charge on any atom is -0.495 e. The van der Waals surface area contributed by atoms with Crippen LogP contribution in [0.1, 0.15) is 49.1 Å². The Morgan fingerprint density at radius 1 is 1.18 bits per heavy atom. The van der Waals surface area contributed by atoms with Crippen molar-refractivity contribution in [1.82, 2.24) is 4.98 Å². The number of pyridine rings is 1. The molecule has 0 saturated heterocycles. The first-order valence-corrected chi connectivity index (χ1v) is 9.33. The number of rotatable bonds is 4. The first kappa shape index (κ1) is 21.2. The van der Waals surface area contributed by atoms with Crippen LogP contribution in [0.15, 0.2) is 36.5 Å². The smallest absolute Gasteiger partial charge is 0.324 e. The predicted octanol–water partition coefficient (Wildman–Crippen LogP) is 4.79. The van der Waals surface area contributed by atoms with Gasteiger partial charge < -0.3 is 15.2 Å². The fourth-order valence-corrected chi connectivity index (χ4v) is 3.35. The number of benzene rings is 1. The van der Waals surface area contributed by atoms with Gasteiger partial charge in [-0.3, -0.25) is 10.1 Å². The second kappa shape index (κ2) is 10.9. The highest BCUT2D eigenvalue weighted by Crippen LogP contribution is 2.32. The minimum absolute atomic E-state index is 0.250. The van der Waals surface area contributed by atoms with Crippen LogP contribution < -0.4 is 15.4 Å². The lowest BCUT2D eigenvalue weighted by Gasteiger charge is -2.21. The average molecular weight is 385 g/mol. The number of aryl methyl sites for hydroxylation is 1. The van der Waals surface area contributed by atoms with Crippen molar-refractivity contribution in [2.75, 3.05) is 17.7 Å². The third-order valence-electron chi connectivity index (χ3n) is 4.71. The monoisotopic (exact) mass is 385 g/mol. The molecule has 0 radical (unpaired) electrons. The molecular formula is C21H27N3O4. The molecule has 28 heavy (non-hydrogen) atoms. The first-order chi connectivity index (χ1) is 13.6. The van der Waals surface area contributed by atoms with E-state index in [1.165, 1.54) is 37.7 Å². The van der Waals surface area contributed by atoms with Gasteiger partial charge >= 0.3 is 6.03 Å². The van der Waals surface area contributed by atoms with Gasteiger partial charge in [-0.25, -0.2) is 9.78 Å². The maximum absolute atomic E-state index is 12.2. The molecule has 2 amide bonds. The van der Waals surface area contributed by atoms with Gasteiger partial charge in [0.25, 0.3) is 6.47 Å². The van der Waals surface area contributed by atoms with Crippen molar-refractivity contribution in [1.29, 1.82) is 0 Å². The number of methoxy groups -OCH3 is 1. The van der Waals surface area contributed by atoms with Crippen molar-refractivity contribution in [2.45, 2.75) is 44.9 Å². The molecule has 150 valence electrons. The Morgan fingerprint density at radius 3 is 2.50 bits per heavy atom. The van der Waals surface area contributed by atoms with E-state index >= 15 is 0 Å². The molecule has 0 atom stereocenters. The van der Waals surface area contributed by atoms with Crippen LogP contribution in [0.2, 0.25) is 0 Å². The number of hydrogen-bond acceptors (Lipinski definition) is 4. The number of anilines is 2. The van der Waals surface area contributed by atoms with Gasteiger partial charge in [-0.1, -0.05) is 31.4 Å². The quantitative estimate of drug-likeness (QED) is 0.657. The summed E-state index contributed by atoms with van der Waals surface area (Å²) < 4.78 is 5.28. The van der Waals surface area contributed by atoms with E-state index in [1.807, 2.05) is 37.4 Å². The highest BCUT2D eigenvalue weighted by Gasteiger charge is 2.16. The zero-order chi connectivity index (χ0) is 20.4. The number of carbonyl (C=O) groups excluding carboxylic acids is 1. The van der Waals surface area contributed by atoms with E-state index in [0.717, 1.165) is 5.56 Å². The molecule has 1 heterocycles. The van der Waals surface area contributed by atoms with Crippen LogP contribution in [0, 0.1) is 6.92 Å². The summed E-state index contributed by atoms with van der Waals surface area (Å²) in [6.07, 6.45) is 8.30. The van der Waals surface area contributed by atoms with Crippen molar-refractivity contribution in [2.24, 2.45) is 0 Å². The first-order valence-electron chi connectivity index (χ1n) is 9.33. The van der Waals surface area contributed by atoms with Crippen LogP contribution in [-0.4, -0.2) is 29.7 Å². The molecule has 2 aromatic rings. The molecule has 3 rings (SSSR count). The van der Waals surface area contributed by atoms with Gasteiger partial charge in [-0.05, 0) is 55.0 Å². The van der Waals surface area contributed by atoms with E-state index in [1.54, 1.807) is 7.11 Å². The van der Waals surface area contributed by atoms with Crippen molar-refractivity contribution in [3.63, 3.8) is 0 Å². The van der Waals surface area contributed by atoms with Crippen molar-refractivity contribution >= 4 is 24.0 Å². The maximum atomic E-state index is 12.2. The van der Waals surface area contributed by atoms with Crippen LogP contribution in [0.3, 0.4) is 0 Å². The number of hydrogen-bond donors (Lipinski definition) is 3. The Morgan fingerprint density at radius 2 is 1.89 bits per heavy atom. The molecule has 7 nitrogen and oxygen atoms in total. The Bertz CT molecular complexity index is 772. The molecule has 1 saturated carbocycles. The molecule has 0 aliphatic heterocycles. The van der Waals surface area contributed by atoms with Gasteiger partial charge in [0, 0.05) is 6.20 Å². The highest BCUT2D eigenvalue weighted by molar-refractivity contribution is 6.00. The van der Waals surface area contributed by atoms with Crippen molar-refractivity contribution in [3.05, 3.63) is 47.7 Å². The molecule has 1 aliphatic rings. The van der Waals surface area contributed by atoms with Gasteiger partial charge in [0.05, 0.1) is 12.8 Å². The van der Waals surface area contributed by atoms with Crippen molar-refractivity contribution < 1.29 is 19.4 Å². The van der Waals surface area contributed by atoms with E-state index in [4.69, 9.17) is 14.6 Å². The lowest BCUT2D eigenvalue weighted by Crippen LogP contribution is -2.20. The summed E-state index contributed by atoms with van der Waals surface area (Å²) in [5.41, 5.74) is 2.95. The number of nitrogens with one attached hydrogen (secondary N) is 2. The molecule has 1 aromatic carbocycles. The second-order valence-electron chi connectivity index (χ2n) is 6.70. The number of ether oxygens (including phenoxy) is 1.